The van der Waals surface area contributed by atoms with Crippen LogP contribution in [0.5, 0.6) is 0 Å². The number of carbonyl (C=O) groups excluding carboxylic acids is 1. The van der Waals surface area contributed by atoms with Gasteiger partial charge in [-0.1, -0.05) is 15.9 Å². The molecular weight excluding hydrogens is 346 g/mol. The fourth-order valence-corrected chi connectivity index (χ4v) is 1.88. The second kappa shape index (κ2) is 7.08. The quantitative estimate of drug-likeness (QED) is 0.336. The van der Waals surface area contributed by atoms with Gasteiger partial charge in [-0.3, -0.25) is 4.79 Å². The Morgan fingerprint density at radius 1 is 1.12 bits per heavy atom. The lowest BCUT2D eigenvalue weighted by atomic mass is 10.2. The number of phosphoric acid groups is 2. The van der Waals surface area contributed by atoms with Gasteiger partial charge in [0.2, 0.25) is 0 Å². The molecule has 0 saturated heterocycles. The second-order valence-electron chi connectivity index (χ2n) is 2.71. The highest BCUT2D eigenvalue weighted by Crippen LogP contribution is 2.27. The topological polar surface area (TPSA) is 162 Å². The van der Waals surface area contributed by atoms with Gasteiger partial charge in [-0.25, -0.2) is 0 Å². The molecule has 0 spiro atoms. The molecule has 0 amide bonds. The molecule has 0 aliphatic heterocycles. The molecule has 1 atom stereocenters. The number of halogens is 1. The molecule has 0 radical (unpaired) electrons. The Balaban J connectivity index is 3.91. The molecule has 0 aromatic rings. The van der Waals surface area contributed by atoms with Crippen molar-refractivity contribution in [2.24, 2.45) is 0 Å². The molecule has 9 nitrogen and oxygen atoms in total. The Morgan fingerprint density at radius 3 is 2.00 bits per heavy atom. The molecule has 0 saturated carbocycles. The molecule has 0 N–H and O–H groups in total. The van der Waals surface area contributed by atoms with E-state index in [-0.39, 0.29) is 0 Å². The molecule has 0 fully saturated rings. The van der Waals surface area contributed by atoms with Crippen molar-refractivity contribution >= 4 is 37.4 Å². The highest BCUT2D eigenvalue weighted by molar-refractivity contribution is 9.10. The third-order valence-electron chi connectivity index (χ3n) is 1.33. The molecule has 0 aliphatic rings. The lowest BCUT2D eigenvalue weighted by Gasteiger charge is -2.29. The monoisotopic (exact) mass is 352 g/mol. The first-order valence-corrected chi connectivity index (χ1v) is 7.85. The molecule has 17 heavy (non-hydrogen) atoms. The van der Waals surface area contributed by atoms with Crippen LogP contribution in [0.15, 0.2) is 0 Å². The van der Waals surface area contributed by atoms with E-state index in [1.165, 1.54) is 0 Å². The van der Waals surface area contributed by atoms with Gasteiger partial charge in [0.1, 0.15) is 0 Å². The number of phosphoric ester groups is 2. The Labute approximate surface area is 105 Å². The first-order chi connectivity index (χ1) is 7.51. The van der Waals surface area contributed by atoms with Crippen molar-refractivity contribution in [3.63, 3.8) is 0 Å². The predicted octanol–water partition coefficient (Wildman–Crippen LogP) is -2.60. The van der Waals surface area contributed by atoms with E-state index in [4.69, 9.17) is 0 Å². The van der Waals surface area contributed by atoms with Crippen LogP contribution in [0, 0.1) is 0 Å². The maximum Gasteiger partial charge on any atom is 0.151 e. The molecule has 0 aliphatic carbocycles. The summed E-state index contributed by atoms with van der Waals surface area (Å²) in [6.07, 6.45) is -0.449. The second-order valence-corrected chi connectivity index (χ2v) is 6.12. The Kier molecular flexibility index (Phi) is 7.23. The van der Waals surface area contributed by atoms with Crippen LogP contribution in [0.25, 0.3) is 0 Å². The maximum atomic E-state index is 11.2. The van der Waals surface area contributed by atoms with Gasteiger partial charge in [0.25, 0.3) is 0 Å². The van der Waals surface area contributed by atoms with E-state index in [1.807, 2.05) is 0 Å². The third-order valence-corrected chi connectivity index (χ3v) is 3.07. The van der Waals surface area contributed by atoms with Crippen molar-refractivity contribution in [3.05, 3.63) is 0 Å². The normalized spacial score (nSPS) is 14.6. The van der Waals surface area contributed by atoms with Gasteiger partial charge in [-0.2, -0.15) is 0 Å². The lowest BCUT2D eigenvalue weighted by Crippen LogP contribution is -2.25. The van der Waals surface area contributed by atoms with Crippen LogP contribution in [0.1, 0.15) is 6.42 Å². The van der Waals surface area contributed by atoms with Crippen molar-refractivity contribution < 1.29 is 42.5 Å². The predicted molar refractivity (Wildman–Crippen MR) is 49.5 cm³/mol. The zero-order valence-corrected chi connectivity index (χ0v) is 11.5. The van der Waals surface area contributed by atoms with Crippen LogP contribution in [0.4, 0.5) is 0 Å². The molecule has 0 heterocycles. The number of Topliss-reactive ketones (excluding diaryl/α,β-unsaturated/α-hetero) is 1. The van der Waals surface area contributed by atoms with Crippen LogP contribution in [0.2, 0.25) is 0 Å². The van der Waals surface area contributed by atoms with E-state index < -0.39 is 45.9 Å². The van der Waals surface area contributed by atoms with Gasteiger partial charge in [-0.15, -0.1) is 0 Å². The largest absolute Gasteiger partial charge is 0.790 e. The van der Waals surface area contributed by atoms with Crippen LogP contribution in [0.3, 0.4) is 0 Å². The number of hydrogen-bond donors (Lipinski definition) is 0. The van der Waals surface area contributed by atoms with Crippen molar-refractivity contribution in [3.8, 4) is 0 Å². The number of ketones is 1. The summed E-state index contributed by atoms with van der Waals surface area (Å²) >= 11 is 2.72. The number of alkyl halides is 1. The Hall–Kier alpha value is 0.370. The zero-order valence-electron chi connectivity index (χ0n) is 8.15. The van der Waals surface area contributed by atoms with E-state index in [0.717, 1.165) is 0 Å². The van der Waals surface area contributed by atoms with Gasteiger partial charge >= 0.3 is 0 Å². The van der Waals surface area contributed by atoms with Crippen LogP contribution in [-0.2, 0) is 23.0 Å². The Bertz CT molecular complexity index is 345. The number of hydrogen-bond acceptors (Lipinski definition) is 9. The summed E-state index contributed by atoms with van der Waals surface area (Å²) in [6, 6.07) is 0. The van der Waals surface area contributed by atoms with E-state index in [9.17, 15) is 33.5 Å². The van der Waals surface area contributed by atoms with Gasteiger partial charge in [0.15, 0.2) is 5.78 Å². The smallest absolute Gasteiger partial charge is 0.151 e. The molecule has 0 aromatic heterocycles. The van der Waals surface area contributed by atoms with Crippen LogP contribution < -0.4 is 19.6 Å². The maximum absolute atomic E-state index is 11.2. The summed E-state index contributed by atoms with van der Waals surface area (Å²) in [7, 11) is -10.3. The minimum Gasteiger partial charge on any atom is -0.790 e. The summed E-state index contributed by atoms with van der Waals surface area (Å²) in [5.41, 5.74) is 0. The average molecular weight is 353 g/mol. The van der Waals surface area contributed by atoms with Crippen LogP contribution >= 0.6 is 31.6 Å². The SMILES string of the molecule is O=C(CCOP(=O)([O-])[O-])C(Br)COP(=O)([O-])[O-]. The van der Waals surface area contributed by atoms with E-state index >= 15 is 0 Å². The van der Waals surface area contributed by atoms with E-state index in [1.54, 1.807) is 0 Å². The molecular formula is C5H7BrO9P2-4. The molecule has 0 bridgehead atoms. The van der Waals surface area contributed by atoms with Gasteiger partial charge in [0.05, 0.1) is 33.7 Å². The van der Waals surface area contributed by atoms with Crippen molar-refractivity contribution in [2.45, 2.75) is 11.2 Å². The summed E-state index contributed by atoms with van der Waals surface area (Å²) in [5, 5.41) is 0. The van der Waals surface area contributed by atoms with Crippen LogP contribution in [-0.4, -0.2) is 23.8 Å². The summed E-state index contributed by atoms with van der Waals surface area (Å²) in [5.74, 6) is -0.674. The molecule has 0 aromatic carbocycles. The summed E-state index contributed by atoms with van der Waals surface area (Å²) in [6.45, 7) is -1.37. The third kappa shape index (κ3) is 11.2. The van der Waals surface area contributed by atoms with E-state index in [2.05, 4.69) is 25.0 Å². The minimum absolute atomic E-state index is 0.449. The van der Waals surface area contributed by atoms with Crippen molar-refractivity contribution in [1.29, 1.82) is 0 Å². The average Bonchev–Trinajstić information content (AvgIpc) is 2.10. The number of rotatable bonds is 8. The fraction of sp³-hybridized carbons (Fsp3) is 0.800. The van der Waals surface area contributed by atoms with Gasteiger partial charge in [-0.05, 0) is 0 Å². The van der Waals surface area contributed by atoms with Crippen molar-refractivity contribution in [2.75, 3.05) is 13.2 Å². The van der Waals surface area contributed by atoms with Gasteiger partial charge < -0.3 is 37.8 Å². The van der Waals surface area contributed by atoms with Gasteiger partial charge in [0, 0.05) is 6.42 Å². The Morgan fingerprint density at radius 2 is 1.59 bits per heavy atom. The standard InChI is InChI=1S/C5H11BrO9P2/c6-4(3-15-17(11,12)13)5(7)1-2-14-16(8,9)10/h4H,1-3H2,(H2,8,9,10)(H2,11,12,13)/p-4. The summed E-state index contributed by atoms with van der Waals surface area (Å²) < 4.78 is 27.7. The van der Waals surface area contributed by atoms with Crippen molar-refractivity contribution in [1.82, 2.24) is 0 Å². The number of carbonyl (C=O) groups is 1. The molecule has 102 valence electrons. The summed E-state index contributed by atoms with van der Waals surface area (Å²) in [4.78, 5) is 50.2. The fourth-order valence-electron chi connectivity index (χ4n) is 0.664. The highest BCUT2D eigenvalue weighted by atomic mass is 79.9. The molecule has 12 heteroatoms. The minimum atomic E-state index is -5.17. The molecule has 1 unspecified atom stereocenters. The first kappa shape index (κ1) is 17.4. The highest BCUT2D eigenvalue weighted by Gasteiger charge is 2.15. The first-order valence-electron chi connectivity index (χ1n) is 4.01. The zero-order chi connectivity index (χ0) is 13.7. The van der Waals surface area contributed by atoms with E-state index in [0.29, 0.717) is 0 Å². The lowest BCUT2D eigenvalue weighted by molar-refractivity contribution is -0.343. The molecule has 0 rings (SSSR count).